The quantitative estimate of drug-likeness (QED) is 0.419. The molecular weight excluding hydrogens is 502 g/mol. The molecule has 0 radical (unpaired) electrons. The van der Waals surface area contributed by atoms with Gasteiger partial charge < -0.3 is 20.3 Å². The second-order valence-electron chi connectivity index (χ2n) is 11.1. The van der Waals surface area contributed by atoms with E-state index in [0.29, 0.717) is 17.7 Å². The lowest BCUT2D eigenvalue weighted by molar-refractivity contribution is -0.138. The van der Waals surface area contributed by atoms with Gasteiger partial charge in [-0.1, -0.05) is 61.4 Å². The van der Waals surface area contributed by atoms with Crippen LogP contribution in [0.4, 0.5) is 5.69 Å². The van der Waals surface area contributed by atoms with Crippen molar-refractivity contribution in [2.75, 3.05) is 19.0 Å². The monoisotopic (exact) mass is 537 g/mol. The van der Waals surface area contributed by atoms with Gasteiger partial charge in [0.2, 0.25) is 5.91 Å². The summed E-state index contributed by atoms with van der Waals surface area (Å²) in [6.07, 6.45) is 4.41. The lowest BCUT2D eigenvalue weighted by atomic mass is 9.79. The largest absolute Gasteiger partial charge is 0.465 e. The van der Waals surface area contributed by atoms with Gasteiger partial charge in [0.15, 0.2) is 0 Å². The molecule has 1 saturated carbocycles. The van der Waals surface area contributed by atoms with Crippen LogP contribution in [0.1, 0.15) is 76.0 Å². The fraction of sp³-hybridized carbons (Fsp3) is 0.364. The predicted molar refractivity (Wildman–Crippen MR) is 153 cm³/mol. The van der Waals surface area contributed by atoms with Crippen LogP contribution in [-0.4, -0.2) is 42.4 Å². The lowest BCUT2D eigenvalue weighted by Crippen LogP contribution is -2.50. The number of carbonyl (C=O) groups excluding carboxylic acids is 3. The molecule has 1 aliphatic carbocycles. The second kappa shape index (κ2) is 11.2. The third kappa shape index (κ3) is 4.85. The zero-order chi connectivity index (χ0) is 27.6. The number of methoxy groups -OCH3 is 1. The van der Waals surface area contributed by atoms with Crippen LogP contribution >= 0.6 is 0 Å². The zero-order valence-electron chi connectivity index (χ0n) is 22.7. The summed E-state index contributed by atoms with van der Waals surface area (Å²) in [4.78, 5) is 41.3. The van der Waals surface area contributed by atoms with Crippen molar-refractivity contribution in [3.05, 3.63) is 101 Å². The molecule has 7 nitrogen and oxygen atoms in total. The molecule has 0 spiro atoms. The first-order chi connectivity index (χ1) is 19.5. The Kier molecular flexibility index (Phi) is 7.29. The number of fused-ring (bicyclic) bond motifs is 3. The molecule has 2 fully saturated rings. The standard InChI is InChI=1S/C33H35N3O4/c1-40-33(39)23-17-15-22(16-18-23)31(37)35-28-14-8-6-12-25(28)32(38)36-20-19-26-29(21-9-3-2-4-10-21)34-27-13-7-5-11-24(27)30(26)36/h2-5,7,9-11,13,15-18,25-26,28-30,34H,6,8,12,14,19-20H2,1H3,(H,35,37)/t25-,26-,28+,29-,30-/m0/s1. The van der Waals surface area contributed by atoms with Crippen LogP contribution < -0.4 is 10.6 Å². The maximum absolute atomic E-state index is 14.3. The van der Waals surface area contributed by atoms with E-state index < -0.39 is 5.97 Å². The summed E-state index contributed by atoms with van der Waals surface area (Å²) in [5.41, 5.74) is 4.35. The van der Waals surface area contributed by atoms with Crippen LogP contribution in [0.2, 0.25) is 0 Å². The van der Waals surface area contributed by atoms with Gasteiger partial charge in [-0.05, 0) is 60.7 Å². The molecule has 1 saturated heterocycles. The Morgan fingerprint density at radius 3 is 2.33 bits per heavy atom. The van der Waals surface area contributed by atoms with Gasteiger partial charge in [0.05, 0.1) is 30.7 Å². The number of benzene rings is 3. The molecule has 0 bridgehead atoms. The van der Waals surface area contributed by atoms with Crippen molar-refractivity contribution in [2.45, 2.75) is 50.2 Å². The highest BCUT2D eigenvalue weighted by Gasteiger charge is 2.48. The Bertz CT molecular complexity index is 1390. The number of esters is 1. The Hall–Kier alpha value is -4.13. The minimum Gasteiger partial charge on any atom is -0.465 e. The highest BCUT2D eigenvalue weighted by molar-refractivity contribution is 5.96. The van der Waals surface area contributed by atoms with Crippen molar-refractivity contribution in [1.82, 2.24) is 10.2 Å². The van der Waals surface area contributed by atoms with Gasteiger partial charge in [-0.2, -0.15) is 0 Å². The van der Waals surface area contributed by atoms with Gasteiger partial charge in [0.25, 0.3) is 5.91 Å². The first-order valence-corrected chi connectivity index (χ1v) is 14.3. The van der Waals surface area contributed by atoms with Crippen molar-refractivity contribution in [3.8, 4) is 0 Å². The number of carbonyl (C=O) groups is 3. The number of rotatable bonds is 5. The summed E-state index contributed by atoms with van der Waals surface area (Å²) < 4.78 is 4.75. The molecule has 3 aromatic rings. The smallest absolute Gasteiger partial charge is 0.337 e. The Balaban J connectivity index is 1.23. The van der Waals surface area contributed by atoms with Crippen LogP contribution in [0.15, 0.2) is 78.9 Å². The molecule has 0 aromatic heterocycles. The van der Waals surface area contributed by atoms with E-state index >= 15 is 0 Å². The van der Waals surface area contributed by atoms with Crippen molar-refractivity contribution in [1.29, 1.82) is 0 Å². The third-order valence-electron chi connectivity index (χ3n) is 8.87. The summed E-state index contributed by atoms with van der Waals surface area (Å²) >= 11 is 0. The summed E-state index contributed by atoms with van der Waals surface area (Å²) in [7, 11) is 1.33. The molecule has 6 rings (SSSR count). The van der Waals surface area contributed by atoms with Crippen LogP contribution in [0, 0.1) is 11.8 Å². The normalized spacial score (nSPS) is 25.2. The molecule has 2 aliphatic heterocycles. The molecule has 206 valence electrons. The number of nitrogens with one attached hydrogen (secondary N) is 2. The summed E-state index contributed by atoms with van der Waals surface area (Å²) in [6, 6.07) is 25.2. The zero-order valence-corrected chi connectivity index (χ0v) is 22.7. The van der Waals surface area contributed by atoms with E-state index in [0.717, 1.165) is 37.8 Å². The first-order valence-electron chi connectivity index (χ1n) is 14.3. The molecule has 0 unspecified atom stereocenters. The molecule has 5 atom stereocenters. The summed E-state index contributed by atoms with van der Waals surface area (Å²) in [6.45, 7) is 0.708. The van der Waals surface area contributed by atoms with E-state index in [1.807, 2.05) is 12.1 Å². The highest BCUT2D eigenvalue weighted by Crippen LogP contribution is 2.51. The van der Waals surface area contributed by atoms with E-state index in [1.54, 1.807) is 24.3 Å². The molecular formula is C33H35N3O4. The average molecular weight is 538 g/mol. The van der Waals surface area contributed by atoms with Crippen LogP contribution in [0.25, 0.3) is 0 Å². The minimum atomic E-state index is -0.442. The van der Waals surface area contributed by atoms with Crippen molar-refractivity contribution >= 4 is 23.5 Å². The molecule has 7 heteroatoms. The molecule has 2 amide bonds. The van der Waals surface area contributed by atoms with Gasteiger partial charge in [-0.3, -0.25) is 9.59 Å². The number of anilines is 1. The number of hydrogen-bond donors (Lipinski definition) is 2. The summed E-state index contributed by atoms with van der Waals surface area (Å²) in [5, 5.41) is 6.93. The number of hydrogen-bond acceptors (Lipinski definition) is 5. The topological polar surface area (TPSA) is 87.7 Å². The minimum absolute atomic E-state index is 0.000648. The van der Waals surface area contributed by atoms with E-state index in [4.69, 9.17) is 4.74 Å². The molecule has 40 heavy (non-hydrogen) atoms. The van der Waals surface area contributed by atoms with Crippen molar-refractivity contribution < 1.29 is 19.1 Å². The Morgan fingerprint density at radius 1 is 0.850 bits per heavy atom. The molecule has 3 aromatic carbocycles. The fourth-order valence-electron chi connectivity index (χ4n) is 6.90. The number of nitrogens with zero attached hydrogens (tertiary/aromatic N) is 1. The fourth-order valence-corrected chi connectivity index (χ4v) is 6.90. The van der Waals surface area contributed by atoms with Gasteiger partial charge in [-0.25, -0.2) is 4.79 Å². The summed E-state index contributed by atoms with van der Waals surface area (Å²) in [5.74, 6) is -0.518. The Labute approximate surface area is 234 Å². The maximum atomic E-state index is 14.3. The van der Waals surface area contributed by atoms with Crippen molar-refractivity contribution in [3.63, 3.8) is 0 Å². The first kappa shape index (κ1) is 26.1. The van der Waals surface area contributed by atoms with Crippen LogP contribution in [0.3, 0.4) is 0 Å². The average Bonchev–Trinajstić information content (AvgIpc) is 3.46. The number of likely N-dealkylation sites (tertiary alicyclic amines) is 1. The highest BCUT2D eigenvalue weighted by atomic mass is 16.5. The van der Waals surface area contributed by atoms with E-state index in [2.05, 4.69) is 58.0 Å². The van der Waals surface area contributed by atoms with Crippen LogP contribution in [0.5, 0.6) is 0 Å². The van der Waals surface area contributed by atoms with Gasteiger partial charge >= 0.3 is 5.97 Å². The predicted octanol–water partition coefficient (Wildman–Crippen LogP) is 5.52. The second-order valence-corrected chi connectivity index (χ2v) is 11.1. The molecule has 3 aliphatic rings. The maximum Gasteiger partial charge on any atom is 0.337 e. The van der Waals surface area contributed by atoms with Crippen LogP contribution in [-0.2, 0) is 9.53 Å². The molecule has 2 heterocycles. The van der Waals surface area contributed by atoms with Gasteiger partial charge in [-0.15, -0.1) is 0 Å². The number of para-hydroxylation sites is 1. The third-order valence-corrected chi connectivity index (χ3v) is 8.87. The Morgan fingerprint density at radius 2 is 1.55 bits per heavy atom. The SMILES string of the molecule is COC(=O)c1ccc(C(=O)N[C@@H]2CCCC[C@@H]2C(=O)N2CC[C@H]3[C@H](c4ccccc4)Nc4ccccc4[C@@H]32)cc1. The van der Waals surface area contributed by atoms with E-state index in [9.17, 15) is 14.4 Å². The molecule has 2 N–H and O–H groups in total. The van der Waals surface area contributed by atoms with E-state index in [-0.39, 0.29) is 41.8 Å². The van der Waals surface area contributed by atoms with Crippen molar-refractivity contribution in [2.24, 2.45) is 11.8 Å². The van der Waals surface area contributed by atoms with Gasteiger partial charge in [0, 0.05) is 29.8 Å². The lowest BCUT2D eigenvalue weighted by Gasteiger charge is -2.42. The number of ether oxygens (including phenoxy) is 1. The number of amides is 2. The van der Waals surface area contributed by atoms with E-state index in [1.165, 1.54) is 18.2 Å². The van der Waals surface area contributed by atoms with Gasteiger partial charge in [0.1, 0.15) is 0 Å².